The van der Waals surface area contributed by atoms with Crippen LogP contribution in [0.5, 0.6) is 0 Å². The first-order chi connectivity index (χ1) is 13.9. The number of carbonyl (C=O) groups is 1. The molecule has 162 valence electrons. The first kappa shape index (κ1) is 21.5. The maximum atomic E-state index is 14.9. The van der Waals surface area contributed by atoms with Gasteiger partial charge >= 0.3 is 17.8 Å². The highest BCUT2D eigenvalue weighted by atomic mass is 32.1. The summed E-state index contributed by atoms with van der Waals surface area (Å²) >= 11 is 1.72. The van der Waals surface area contributed by atoms with Crippen molar-refractivity contribution in [2.24, 2.45) is 0 Å². The van der Waals surface area contributed by atoms with Crippen molar-refractivity contribution in [2.45, 2.75) is 37.9 Å². The van der Waals surface area contributed by atoms with Crippen LogP contribution in [0.25, 0.3) is 11.1 Å². The van der Waals surface area contributed by atoms with Crippen LogP contribution in [-0.4, -0.2) is 37.3 Å². The molecule has 2 aromatic rings. The summed E-state index contributed by atoms with van der Waals surface area (Å²) in [7, 11) is 0. The number of thiophene rings is 2. The molecule has 0 aromatic carbocycles. The lowest BCUT2D eigenvalue weighted by Crippen LogP contribution is -2.48. The summed E-state index contributed by atoms with van der Waals surface area (Å²) in [6, 6.07) is 2.08. The molecule has 3 nitrogen and oxygen atoms in total. The van der Waals surface area contributed by atoms with Crippen LogP contribution in [0.2, 0.25) is 0 Å². The molecule has 0 bridgehead atoms. The van der Waals surface area contributed by atoms with Crippen LogP contribution in [0.1, 0.15) is 41.7 Å². The minimum absolute atomic E-state index is 0.0285. The van der Waals surface area contributed by atoms with E-state index in [1.807, 2.05) is 0 Å². The van der Waals surface area contributed by atoms with Gasteiger partial charge in [-0.1, -0.05) is 0 Å². The van der Waals surface area contributed by atoms with Crippen LogP contribution in [0.3, 0.4) is 0 Å². The zero-order valence-corrected chi connectivity index (χ0v) is 17.2. The Balaban J connectivity index is 2.01. The summed E-state index contributed by atoms with van der Waals surface area (Å²) in [4.78, 5) is 11.5. The molecule has 1 aliphatic heterocycles. The molecule has 30 heavy (non-hydrogen) atoms. The Labute approximate surface area is 174 Å². The number of ether oxygens (including phenoxy) is 2. The molecule has 4 rings (SSSR count). The minimum atomic E-state index is -5.64. The molecular weight excluding hydrogens is 454 g/mol. The summed E-state index contributed by atoms with van der Waals surface area (Å²) < 4.78 is 98.8. The first-order valence-corrected chi connectivity index (χ1v) is 10.3. The van der Waals surface area contributed by atoms with E-state index in [4.69, 9.17) is 9.47 Å². The maximum Gasteiger partial charge on any atom is 0.380 e. The highest BCUT2D eigenvalue weighted by molar-refractivity contribution is 7.14. The predicted molar refractivity (Wildman–Crippen MR) is 99.8 cm³/mol. The van der Waals surface area contributed by atoms with Crippen LogP contribution in [0.15, 0.2) is 12.1 Å². The van der Waals surface area contributed by atoms with Crippen molar-refractivity contribution in [1.29, 1.82) is 0 Å². The van der Waals surface area contributed by atoms with E-state index in [-0.39, 0.29) is 27.8 Å². The molecule has 0 N–H and O–H groups in total. The molecule has 0 amide bonds. The fraction of sp³-hybridized carbons (Fsp3) is 0.421. The van der Waals surface area contributed by atoms with E-state index in [1.54, 1.807) is 0 Å². The summed E-state index contributed by atoms with van der Waals surface area (Å²) in [6.07, 6.45) is -0.514. The van der Waals surface area contributed by atoms with Gasteiger partial charge in [0.1, 0.15) is 0 Å². The second-order valence-electron chi connectivity index (χ2n) is 6.90. The lowest BCUT2D eigenvalue weighted by atomic mass is 9.95. The number of aryl methyl sites for hydroxylation is 2. The number of hydrogen-bond acceptors (Lipinski definition) is 5. The third-order valence-electron chi connectivity index (χ3n) is 5.05. The fourth-order valence-electron chi connectivity index (χ4n) is 3.64. The molecule has 0 atom stereocenters. The average Bonchev–Trinajstić information content (AvgIpc) is 3.40. The highest BCUT2D eigenvalue weighted by Crippen LogP contribution is 2.65. The monoisotopic (exact) mass is 468 g/mol. The smallest absolute Gasteiger partial charge is 0.345 e. The number of alkyl halides is 6. The van der Waals surface area contributed by atoms with Crippen molar-refractivity contribution in [2.75, 3.05) is 13.2 Å². The standard InChI is InChI=1S/C19H14F6O3S2/c1-8-11(5-10(7-26)29-8)14-15(18(22,23)19(24,25)17(14,20)21)12-6-13(30-9(12)2)16-27-3-4-28-16/h5-7,16H,3-4H2,1-2H3. The normalized spacial score (nSPS) is 22.8. The third-order valence-corrected chi connectivity index (χ3v) is 7.10. The van der Waals surface area contributed by atoms with Crippen molar-refractivity contribution in [3.63, 3.8) is 0 Å². The predicted octanol–water partition coefficient (Wildman–Crippen LogP) is 6.11. The lowest BCUT2D eigenvalue weighted by Gasteiger charge is -2.25. The second-order valence-corrected chi connectivity index (χ2v) is 9.48. The Morgan fingerprint density at radius 2 is 1.40 bits per heavy atom. The fourth-order valence-corrected chi connectivity index (χ4v) is 5.52. The quantitative estimate of drug-likeness (QED) is 0.401. The Morgan fingerprint density at radius 3 is 1.90 bits per heavy atom. The maximum absolute atomic E-state index is 14.9. The molecule has 1 fully saturated rings. The number of allylic oxidation sites excluding steroid dienone is 2. The van der Waals surface area contributed by atoms with Gasteiger partial charge in [-0.25, -0.2) is 0 Å². The molecule has 2 aromatic heterocycles. The van der Waals surface area contributed by atoms with Gasteiger partial charge < -0.3 is 9.47 Å². The molecule has 11 heteroatoms. The first-order valence-electron chi connectivity index (χ1n) is 8.72. The van der Waals surface area contributed by atoms with Gasteiger partial charge in [0.05, 0.1) is 23.0 Å². The zero-order chi connectivity index (χ0) is 22.1. The average molecular weight is 468 g/mol. The molecule has 0 saturated carbocycles. The van der Waals surface area contributed by atoms with Crippen molar-refractivity contribution >= 4 is 40.1 Å². The molecule has 1 saturated heterocycles. The molecule has 2 aliphatic rings. The summed E-state index contributed by atoms with van der Waals surface area (Å²) in [5, 5.41) is 0. The number of rotatable bonds is 4. The van der Waals surface area contributed by atoms with Crippen LogP contribution in [-0.2, 0) is 9.47 Å². The molecule has 0 radical (unpaired) electrons. The number of halogens is 6. The van der Waals surface area contributed by atoms with Gasteiger partial charge in [-0.15, -0.1) is 22.7 Å². The van der Waals surface area contributed by atoms with Crippen molar-refractivity contribution in [3.05, 3.63) is 42.8 Å². The van der Waals surface area contributed by atoms with Crippen molar-refractivity contribution in [3.8, 4) is 0 Å². The van der Waals surface area contributed by atoms with Gasteiger partial charge in [0.2, 0.25) is 0 Å². The van der Waals surface area contributed by atoms with E-state index in [0.29, 0.717) is 11.2 Å². The second kappa shape index (κ2) is 6.91. The van der Waals surface area contributed by atoms with Gasteiger partial charge in [-0.2, -0.15) is 26.3 Å². The molecule has 3 heterocycles. The molecule has 0 spiro atoms. The van der Waals surface area contributed by atoms with Crippen LogP contribution >= 0.6 is 22.7 Å². The van der Waals surface area contributed by atoms with E-state index in [1.165, 1.54) is 13.8 Å². The van der Waals surface area contributed by atoms with Gasteiger partial charge in [0.15, 0.2) is 12.6 Å². The lowest BCUT2D eigenvalue weighted by molar-refractivity contribution is -0.254. The van der Waals surface area contributed by atoms with Crippen LogP contribution in [0, 0.1) is 13.8 Å². The Morgan fingerprint density at radius 1 is 0.900 bits per heavy atom. The van der Waals surface area contributed by atoms with E-state index in [9.17, 15) is 31.1 Å². The minimum Gasteiger partial charge on any atom is -0.345 e. The number of aldehydes is 1. The van der Waals surface area contributed by atoms with E-state index < -0.39 is 46.3 Å². The SMILES string of the molecule is Cc1sc(C=O)cc1C1=C(c2cc(C3OCCO3)sc2C)C(F)(F)C(F)(F)C1(F)F. The third kappa shape index (κ3) is 2.82. The van der Waals surface area contributed by atoms with E-state index in [2.05, 4.69) is 0 Å². The van der Waals surface area contributed by atoms with Gasteiger partial charge in [-0.3, -0.25) is 4.79 Å². The topological polar surface area (TPSA) is 35.5 Å². The molecule has 1 aliphatic carbocycles. The highest BCUT2D eigenvalue weighted by Gasteiger charge is 2.80. The van der Waals surface area contributed by atoms with Crippen molar-refractivity contribution < 1.29 is 40.6 Å². The number of hydrogen-bond donors (Lipinski definition) is 0. The van der Waals surface area contributed by atoms with Gasteiger partial charge in [-0.05, 0) is 37.1 Å². The number of carbonyl (C=O) groups excluding carboxylic acids is 1. The Hall–Kier alpha value is -1.69. The van der Waals surface area contributed by atoms with Crippen LogP contribution < -0.4 is 0 Å². The van der Waals surface area contributed by atoms with Gasteiger partial charge in [0.25, 0.3) is 0 Å². The molecule has 0 unspecified atom stereocenters. The summed E-state index contributed by atoms with van der Waals surface area (Å²) in [5.74, 6) is -15.9. The zero-order valence-electron chi connectivity index (χ0n) is 15.5. The summed E-state index contributed by atoms with van der Waals surface area (Å²) in [6.45, 7) is 3.22. The van der Waals surface area contributed by atoms with Crippen molar-refractivity contribution in [1.82, 2.24) is 0 Å². The van der Waals surface area contributed by atoms with Gasteiger partial charge in [0, 0.05) is 20.9 Å². The summed E-state index contributed by atoms with van der Waals surface area (Å²) in [5.41, 5.74) is -3.79. The largest absolute Gasteiger partial charge is 0.380 e. The van der Waals surface area contributed by atoms with E-state index in [0.717, 1.165) is 34.8 Å². The van der Waals surface area contributed by atoms with Crippen LogP contribution in [0.4, 0.5) is 26.3 Å². The Bertz CT molecular complexity index is 1050. The molecular formula is C19H14F6O3S2. The van der Waals surface area contributed by atoms with E-state index >= 15 is 0 Å². The Kier molecular flexibility index (Phi) is 4.96.